The van der Waals surface area contributed by atoms with Gasteiger partial charge in [0.2, 0.25) is 0 Å². The van der Waals surface area contributed by atoms with Crippen molar-refractivity contribution >= 4 is 18.3 Å². The Kier molecular flexibility index (Phi) is 3.36. The quantitative estimate of drug-likeness (QED) is 0.738. The number of ether oxygens (including phenoxy) is 1. The fourth-order valence-corrected chi connectivity index (χ4v) is 2.51. The van der Waals surface area contributed by atoms with Crippen LogP contribution in [0.15, 0.2) is 79.3 Å². The number of allylic oxidation sites excluding steroid dienone is 3. The molecular formula is C17H12N4O2. The number of fused-ring (bicyclic) bond motifs is 1. The highest BCUT2D eigenvalue weighted by Gasteiger charge is 2.28. The van der Waals surface area contributed by atoms with Gasteiger partial charge in [0.1, 0.15) is 5.70 Å². The summed E-state index contributed by atoms with van der Waals surface area (Å²) in [6.07, 6.45) is 6.77. The minimum Gasteiger partial charge on any atom is -0.371 e. The summed E-state index contributed by atoms with van der Waals surface area (Å²) in [6.45, 7) is 0.699. The molecule has 4 rings (SSSR count). The lowest BCUT2D eigenvalue weighted by Crippen LogP contribution is -2.06. The molecule has 0 atom stereocenters. The van der Waals surface area contributed by atoms with Crippen LogP contribution < -0.4 is 0 Å². The number of benzene rings is 1. The Balaban J connectivity index is 1.75. The molecule has 2 aliphatic heterocycles. The second-order valence-corrected chi connectivity index (χ2v) is 5.14. The van der Waals surface area contributed by atoms with Crippen LogP contribution in [0.4, 0.5) is 0 Å². The van der Waals surface area contributed by atoms with Crippen LogP contribution >= 0.6 is 0 Å². The molecule has 112 valence electrons. The van der Waals surface area contributed by atoms with Gasteiger partial charge in [-0.25, -0.2) is 4.99 Å². The number of azo groups is 1. The van der Waals surface area contributed by atoms with Crippen molar-refractivity contribution in [3.63, 3.8) is 0 Å². The predicted octanol–water partition coefficient (Wildman–Crippen LogP) is 3.00. The number of aliphatic imine (C=N–C) groups is 2. The number of carbonyl (C=O) groups excluding carboxylic acids is 1. The van der Waals surface area contributed by atoms with Crippen LogP contribution in [0.25, 0.3) is 0 Å². The Morgan fingerprint density at radius 2 is 2.04 bits per heavy atom. The van der Waals surface area contributed by atoms with Gasteiger partial charge in [-0.2, -0.15) is 0 Å². The molecule has 0 aromatic heterocycles. The second kappa shape index (κ2) is 5.66. The van der Waals surface area contributed by atoms with Gasteiger partial charge in [0, 0.05) is 29.1 Å². The number of nitrogens with zero attached hydrogens (tertiary/aromatic N) is 4. The summed E-state index contributed by atoms with van der Waals surface area (Å²) in [5, 5.41) is 8.09. The fraction of sp³-hybridized carbons (Fsp3) is 0.118. The van der Waals surface area contributed by atoms with E-state index in [4.69, 9.17) is 4.74 Å². The first-order valence-electron chi connectivity index (χ1n) is 7.17. The van der Waals surface area contributed by atoms with E-state index in [-0.39, 0.29) is 5.91 Å². The zero-order valence-electron chi connectivity index (χ0n) is 12.1. The molecule has 1 aromatic carbocycles. The topological polar surface area (TPSA) is 75.7 Å². The largest absolute Gasteiger partial charge is 0.371 e. The Morgan fingerprint density at radius 1 is 1.13 bits per heavy atom. The zero-order chi connectivity index (χ0) is 15.6. The van der Waals surface area contributed by atoms with Crippen molar-refractivity contribution in [3.8, 4) is 0 Å². The molecule has 6 nitrogen and oxygen atoms in total. The van der Waals surface area contributed by atoms with Gasteiger partial charge >= 0.3 is 0 Å². The normalized spacial score (nSPS) is 19.6. The highest BCUT2D eigenvalue weighted by molar-refractivity contribution is 6.03. The Hall–Kier alpha value is -2.99. The van der Waals surface area contributed by atoms with Crippen LogP contribution in [-0.2, 0) is 11.3 Å². The standard InChI is InChI=1S/C17H12N4O2/c22-17-13-4-2-1-3-11(13)10-23-6-5-18-8-12-7-14-16(12)15(9-19-17)21-20-14/h1-5,7-9H,6,10H2. The smallest absolute Gasteiger partial charge is 0.277 e. The first-order chi connectivity index (χ1) is 11.3. The van der Waals surface area contributed by atoms with E-state index in [0.29, 0.717) is 24.5 Å². The summed E-state index contributed by atoms with van der Waals surface area (Å²) in [5.41, 5.74) is 4.51. The molecule has 23 heavy (non-hydrogen) atoms. The second-order valence-electron chi connectivity index (χ2n) is 5.14. The molecule has 1 aromatic rings. The van der Waals surface area contributed by atoms with Crippen LogP contribution in [0.1, 0.15) is 15.9 Å². The fourth-order valence-electron chi connectivity index (χ4n) is 2.51. The maximum absolute atomic E-state index is 12.4. The first kappa shape index (κ1) is 13.7. The van der Waals surface area contributed by atoms with Gasteiger partial charge in [0.05, 0.1) is 25.1 Å². The lowest BCUT2D eigenvalue weighted by Gasteiger charge is -2.13. The number of hydrogen-bond donors (Lipinski definition) is 0. The number of rotatable bonds is 0. The molecule has 0 bridgehead atoms. The highest BCUT2D eigenvalue weighted by atomic mass is 16.5. The van der Waals surface area contributed by atoms with Crippen LogP contribution in [-0.4, -0.2) is 24.9 Å². The van der Waals surface area contributed by atoms with E-state index in [9.17, 15) is 4.79 Å². The van der Waals surface area contributed by atoms with E-state index in [1.807, 2.05) is 24.3 Å². The molecule has 0 radical (unpaired) electrons. The molecule has 2 heterocycles. The average molecular weight is 304 g/mol. The SMILES string of the molecule is O=C1N=CC2=C3C(=CN=CCOCc4ccccc41)C=C3N=N2. The highest BCUT2D eigenvalue weighted by Crippen LogP contribution is 2.40. The molecule has 0 fully saturated rings. The van der Waals surface area contributed by atoms with Gasteiger partial charge in [-0.1, -0.05) is 18.2 Å². The van der Waals surface area contributed by atoms with Crippen molar-refractivity contribution in [1.29, 1.82) is 0 Å². The van der Waals surface area contributed by atoms with Crippen molar-refractivity contribution in [2.24, 2.45) is 20.2 Å². The summed E-state index contributed by atoms with van der Waals surface area (Å²) < 4.78 is 5.54. The van der Waals surface area contributed by atoms with E-state index in [2.05, 4.69) is 20.2 Å². The summed E-state index contributed by atoms with van der Waals surface area (Å²) >= 11 is 0. The molecule has 1 aliphatic carbocycles. The third kappa shape index (κ3) is 2.49. The molecule has 0 saturated heterocycles. The van der Waals surface area contributed by atoms with E-state index < -0.39 is 0 Å². The zero-order valence-corrected chi connectivity index (χ0v) is 12.1. The van der Waals surface area contributed by atoms with Crippen molar-refractivity contribution in [1.82, 2.24) is 0 Å². The molecule has 0 unspecified atom stereocenters. The minimum absolute atomic E-state index is 0.319. The van der Waals surface area contributed by atoms with Gasteiger partial charge in [-0.3, -0.25) is 9.79 Å². The lowest BCUT2D eigenvalue weighted by atomic mass is 9.91. The van der Waals surface area contributed by atoms with Gasteiger partial charge < -0.3 is 4.74 Å². The van der Waals surface area contributed by atoms with E-state index in [1.54, 1.807) is 18.5 Å². The van der Waals surface area contributed by atoms with Crippen molar-refractivity contribution in [3.05, 3.63) is 70.2 Å². The van der Waals surface area contributed by atoms with Crippen molar-refractivity contribution < 1.29 is 9.53 Å². The number of hydrogen-bond acceptors (Lipinski definition) is 5. The number of carbonyl (C=O) groups is 1. The van der Waals surface area contributed by atoms with Gasteiger partial charge in [0.15, 0.2) is 0 Å². The van der Waals surface area contributed by atoms with E-state index >= 15 is 0 Å². The first-order valence-corrected chi connectivity index (χ1v) is 7.17. The van der Waals surface area contributed by atoms with Crippen LogP contribution in [0.3, 0.4) is 0 Å². The third-order valence-corrected chi connectivity index (χ3v) is 3.68. The summed E-state index contributed by atoms with van der Waals surface area (Å²) in [6, 6.07) is 7.27. The molecule has 0 spiro atoms. The minimum atomic E-state index is -0.319. The van der Waals surface area contributed by atoms with Crippen LogP contribution in [0.2, 0.25) is 0 Å². The molecular weight excluding hydrogens is 292 g/mol. The summed E-state index contributed by atoms with van der Waals surface area (Å²) in [5.74, 6) is -0.319. The van der Waals surface area contributed by atoms with Gasteiger partial charge in [0.25, 0.3) is 5.91 Å². The maximum Gasteiger partial charge on any atom is 0.277 e. The summed E-state index contributed by atoms with van der Waals surface area (Å²) in [7, 11) is 0. The summed E-state index contributed by atoms with van der Waals surface area (Å²) in [4.78, 5) is 20.6. The average Bonchev–Trinajstić information content (AvgIpc) is 2.87. The number of amides is 1. The molecule has 0 N–H and O–H groups in total. The monoisotopic (exact) mass is 304 g/mol. The Labute approximate surface area is 132 Å². The van der Waals surface area contributed by atoms with Crippen LogP contribution in [0.5, 0.6) is 0 Å². The van der Waals surface area contributed by atoms with Crippen LogP contribution in [0, 0.1) is 0 Å². The third-order valence-electron chi connectivity index (χ3n) is 3.68. The Bertz CT molecular complexity index is 872. The molecule has 3 aliphatic rings. The Morgan fingerprint density at radius 3 is 3.00 bits per heavy atom. The lowest BCUT2D eigenvalue weighted by molar-refractivity contribution is 0.0997. The van der Waals surface area contributed by atoms with Crippen molar-refractivity contribution in [2.45, 2.75) is 6.61 Å². The van der Waals surface area contributed by atoms with E-state index in [1.165, 1.54) is 6.21 Å². The van der Waals surface area contributed by atoms with Crippen molar-refractivity contribution in [2.75, 3.05) is 6.61 Å². The van der Waals surface area contributed by atoms with Gasteiger partial charge in [-0.15, -0.1) is 10.2 Å². The maximum atomic E-state index is 12.4. The van der Waals surface area contributed by atoms with Gasteiger partial charge in [-0.05, 0) is 17.7 Å². The molecule has 0 saturated carbocycles. The predicted molar refractivity (Wildman–Crippen MR) is 85.5 cm³/mol. The molecule has 6 heteroatoms. The molecule has 1 amide bonds. The van der Waals surface area contributed by atoms with E-state index in [0.717, 1.165) is 22.4 Å².